The number of ether oxygens (including phenoxy) is 1. The van der Waals surface area contributed by atoms with Crippen LogP contribution in [0.1, 0.15) is 5.69 Å². The first-order valence-electron chi connectivity index (χ1n) is 7.13. The Balaban J connectivity index is 1.79. The zero-order valence-corrected chi connectivity index (χ0v) is 13.4. The van der Waals surface area contributed by atoms with E-state index in [9.17, 15) is 9.18 Å². The van der Waals surface area contributed by atoms with Gasteiger partial charge in [-0.05, 0) is 30.3 Å². The quantitative estimate of drug-likeness (QED) is 0.746. The number of aromatic nitrogens is 3. The van der Waals surface area contributed by atoms with Gasteiger partial charge in [0.1, 0.15) is 5.75 Å². The molecule has 0 spiro atoms. The summed E-state index contributed by atoms with van der Waals surface area (Å²) >= 11 is 5.65. The van der Waals surface area contributed by atoms with Crippen molar-refractivity contribution in [3.05, 3.63) is 65.5 Å². The SMILES string of the molecule is O=C(O)Cc1cncc(-c2ccc(Oc3ncc(Cl)cc3F)cc2)n1. The van der Waals surface area contributed by atoms with E-state index in [2.05, 4.69) is 15.0 Å². The van der Waals surface area contributed by atoms with Gasteiger partial charge >= 0.3 is 5.97 Å². The number of carbonyl (C=O) groups is 1. The van der Waals surface area contributed by atoms with Gasteiger partial charge in [-0.25, -0.2) is 14.4 Å². The fourth-order valence-corrected chi connectivity index (χ4v) is 2.21. The fraction of sp³-hybridized carbons (Fsp3) is 0.0588. The van der Waals surface area contributed by atoms with Crippen molar-refractivity contribution in [2.24, 2.45) is 0 Å². The highest BCUT2D eigenvalue weighted by Gasteiger charge is 2.09. The highest BCUT2D eigenvalue weighted by Crippen LogP contribution is 2.26. The van der Waals surface area contributed by atoms with E-state index >= 15 is 0 Å². The number of carboxylic acid groups (broad SMARTS) is 1. The van der Waals surface area contributed by atoms with Crippen LogP contribution in [0.2, 0.25) is 5.02 Å². The molecule has 0 atom stereocenters. The largest absolute Gasteiger partial charge is 0.481 e. The molecule has 0 amide bonds. The standard InChI is InChI=1S/C17H11ClFN3O3/c18-11-5-14(19)17(21-7-11)25-13-3-1-10(2-4-13)15-9-20-8-12(22-15)6-16(23)24/h1-5,7-9H,6H2,(H,23,24). The number of halogens is 2. The molecule has 0 aliphatic carbocycles. The number of benzene rings is 1. The van der Waals surface area contributed by atoms with Crippen molar-refractivity contribution in [1.82, 2.24) is 15.0 Å². The van der Waals surface area contributed by atoms with Gasteiger partial charge in [-0.3, -0.25) is 9.78 Å². The summed E-state index contributed by atoms with van der Waals surface area (Å²) in [5.41, 5.74) is 1.61. The van der Waals surface area contributed by atoms with Crippen molar-refractivity contribution in [1.29, 1.82) is 0 Å². The molecule has 0 aliphatic rings. The molecule has 126 valence electrons. The van der Waals surface area contributed by atoms with Crippen molar-refractivity contribution < 1.29 is 19.0 Å². The Morgan fingerprint density at radius 2 is 1.96 bits per heavy atom. The number of carboxylic acids is 1. The molecule has 0 saturated carbocycles. The lowest BCUT2D eigenvalue weighted by Crippen LogP contribution is -2.03. The van der Waals surface area contributed by atoms with E-state index in [0.717, 1.165) is 11.6 Å². The molecule has 3 rings (SSSR count). The Bertz CT molecular complexity index is 919. The van der Waals surface area contributed by atoms with Crippen molar-refractivity contribution in [2.75, 3.05) is 0 Å². The van der Waals surface area contributed by atoms with Crippen LogP contribution in [0.25, 0.3) is 11.3 Å². The van der Waals surface area contributed by atoms with Crippen LogP contribution in [-0.2, 0) is 11.2 Å². The Kier molecular flexibility index (Phi) is 4.85. The molecule has 0 saturated heterocycles. The molecular weight excluding hydrogens is 349 g/mol. The highest BCUT2D eigenvalue weighted by atomic mass is 35.5. The third kappa shape index (κ3) is 4.27. The maximum Gasteiger partial charge on any atom is 0.309 e. The van der Waals surface area contributed by atoms with E-state index < -0.39 is 11.8 Å². The van der Waals surface area contributed by atoms with Gasteiger partial charge in [0, 0.05) is 18.0 Å². The van der Waals surface area contributed by atoms with E-state index in [-0.39, 0.29) is 17.3 Å². The third-order valence-corrected chi connectivity index (χ3v) is 3.36. The summed E-state index contributed by atoms with van der Waals surface area (Å²) in [5, 5.41) is 9.00. The second-order valence-corrected chi connectivity index (χ2v) is 5.47. The normalized spacial score (nSPS) is 10.5. The van der Waals surface area contributed by atoms with Crippen molar-refractivity contribution in [3.63, 3.8) is 0 Å². The summed E-state index contributed by atoms with van der Waals surface area (Å²) in [6, 6.07) is 7.77. The van der Waals surface area contributed by atoms with E-state index in [4.69, 9.17) is 21.4 Å². The minimum absolute atomic E-state index is 0.180. The smallest absolute Gasteiger partial charge is 0.309 e. The third-order valence-electron chi connectivity index (χ3n) is 3.16. The molecule has 2 heterocycles. The monoisotopic (exact) mass is 359 g/mol. The number of nitrogens with zero attached hydrogens (tertiary/aromatic N) is 3. The summed E-state index contributed by atoms with van der Waals surface area (Å²) in [6.45, 7) is 0. The Labute approximate surface area is 146 Å². The summed E-state index contributed by atoms with van der Waals surface area (Å²) in [5.74, 6) is -1.44. The van der Waals surface area contributed by atoms with Gasteiger partial charge in [0.2, 0.25) is 0 Å². The maximum absolute atomic E-state index is 13.7. The van der Waals surface area contributed by atoms with Crippen LogP contribution in [0.3, 0.4) is 0 Å². The first-order chi connectivity index (χ1) is 12.0. The summed E-state index contributed by atoms with van der Waals surface area (Å²) in [7, 11) is 0. The zero-order chi connectivity index (χ0) is 17.8. The van der Waals surface area contributed by atoms with Crippen LogP contribution in [-0.4, -0.2) is 26.0 Å². The average molecular weight is 360 g/mol. The van der Waals surface area contributed by atoms with Crippen LogP contribution in [0.5, 0.6) is 11.6 Å². The Hall–Kier alpha value is -3.06. The number of pyridine rings is 1. The lowest BCUT2D eigenvalue weighted by molar-refractivity contribution is -0.136. The van der Waals surface area contributed by atoms with Crippen LogP contribution >= 0.6 is 11.6 Å². The molecule has 3 aromatic rings. The molecule has 0 bridgehead atoms. The molecule has 1 N–H and O–H groups in total. The first-order valence-corrected chi connectivity index (χ1v) is 7.51. The first kappa shape index (κ1) is 16.8. The molecule has 0 fully saturated rings. The molecule has 6 nitrogen and oxygen atoms in total. The summed E-state index contributed by atoms with van der Waals surface area (Å²) in [4.78, 5) is 22.8. The van der Waals surface area contributed by atoms with Crippen LogP contribution in [0.15, 0.2) is 48.9 Å². The Morgan fingerprint density at radius 3 is 2.64 bits per heavy atom. The molecule has 0 radical (unpaired) electrons. The van der Waals surface area contributed by atoms with Crippen LogP contribution < -0.4 is 4.74 Å². The second kappa shape index (κ2) is 7.23. The average Bonchev–Trinajstić information content (AvgIpc) is 2.58. The van der Waals surface area contributed by atoms with Crippen LogP contribution in [0, 0.1) is 5.82 Å². The van der Waals surface area contributed by atoms with Crippen molar-refractivity contribution in [3.8, 4) is 22.9 Å². The number of aliphatic carboxylic acids is 1. The minimum Gasteiger partial charge on any atom is -0.481 e. The van der Waals surface area contributed by atoms with Crippen molar-refractivity contribution >= 4 is 17.6 Å². The zero-order valence-electron chi connectivity index (χ0n) is 12.7. The minimum atomic E-state index is -0.979. The summed E-state index contributed by atoms with van der Waals surface area (Å²) < 4.78 is 19.1. The molecule has 25 heavy (non-hydrogen) atoms. The van der Waals surface area contributed by atoms with Gasteiger partial charge in [-0.15, -0.1) is 0 Å². The lowest BCUT2D eigenvalue weighted by atomic mass is 10.1. The Morgan fingerprint density at radius 1 is 1.20 bits per heavy atom. The van der Waals surface area contributed by atoms with Gasteiger partial charge in [-0.2, -0.15) is 0 Å². The number of rotatable bonds is 5. The molecule has 0 aliphatic heterocycles. The second-order valence-electron chi connectivity index (χ2n) is 5.03. The van der Waals surface area contributed by atoms with Gasteiger partial charge in [0.05, 0.1) is 29.0 Å². The molecule has 0 unspecified atom stereocenters. The highest BCUT2D eigenvalue weighted by molar-refractivity contribution is 6.30. The van der Waals surface area contributed by atoms with Gasteiger partial charge < -0.3 is 9.84 Å². The predicted octanol–water partition coefficient (Wildman–Crippen LogP) is 3.75. The van der Waals surface area contributed by atoms with Crippen molar-refractivity contribution in [2.45, 2.75) is 6.42 Å². The van der Waals surface area contributed by atoms with Gasteiger partial charge in [0.15, 0.2) is 5.82 Å². The maximum atomic E-state index is 13.7. The molecule has 1 aromatic carbocycles. The predicted molar refractivity (Wildman–Crippen MR) is 88.1 cm³/mol. The topological polar surface area (TPSA) is 85.2 Å². The van der Waals surface area contributed by atoms with E-state index in [1.54, 1.807) is 24.3 Å². The van der Waals surface area contributed by atoms with E-state index in [0.29, 0.717) is 17.1 Å². The van der Waals surface area contributed by atoms with Gasteiger partial charge in [0.25, 0.3) is 5.88 Å². The van der Waals surface area contributed by atoms with E-state index in [1.807, 2.05) is 0 Å². The molecule has 8 heteroatoms. The molecule has 2 aromatic heterocycles. The lowest BCUT2D eigenvalue weighted by Gasteiger charge is -2.07. The van der Waals surface area contributed by atoms with E-state index in [1.165, 1.54) is 18.6 Å². The van der Waals surface area contributed by atoms with Gasteiger partial charge in [-0.1, -0.05) is 11.6 Å². The molecular formula is C17H11ClFN3O3. The summed E-state index contributed by atoms with van der Waals surface area (Å²) in [6.07, 6.45) is 4.02. The number of hydrogen-bond donors (Lipinski definition) is 1. The number of hydrogen-bond acceptors (Lipinski definition) is 5. The van der Waals surface area contributed by atoms with Crippen LogP contribution in [0.4, 0.5) is 4.39 Å². The fourth-order valence-electron chi connectivity index (χ4n) is 2.07.